The second-order valence-electron chi connectivity index (χ2n) is 9.61. The number of fused-ring (bicyclic) bond motifs is 2. The van der Waals surface area contributed by atoms with Crippen molar-refractivity contribution in [2.75, 3.05) is 33.2 Å². The van der Waals surface area contributed by atoms with E-state index in [2.05, 4.69) is 9.88 Å². The summed E-state index contributed by atoms with van der Waals surface area (Å²) < 4.78 is 48.7. The fraction of sp³-hybridized carbons (Fsp3) is 0.407. The Morgan fingerprint density at radius 3 is 2.61 bits per heavy atom. The monoisotopic (exact) mass is 498 g/mol. The number of pyridine rings is 1. The van der Waals surface area contributed by atoms with Gasteiger partial charge in [0.1, 0.15) is 6.04 Å². The Morgan fingerprint density at radius 2 is 1.89 bits per heavy atom. The van der Waals surface area contributed by atoms with Crippen molar-refractivity contribution in [3.05, 3.63) is 89.3 Å². The van der Waals surface area contributed by atoms with Crippen LogP contribution in [0.2, 0.25) is 0 Å². The number of carbonyl (C=O) groups excluding carboxylic acids is 1. The molecule has 3 aromatic rings. The zero-order chi connectivity index (χ0) is 25.3. The molecule has 0 radical (unpaired) electrons. The van der Waals surface area contributed by atoms with Gasteiger partial charge in [-0.25, -0.2) is 13.8 Å². The van der Waals surface area contributed by atoms with Crippen LogP contribution in [-0.2, 0) is 21.7 Å². The number of benzene rings is 1. The minimum absolute atomic E-state index is 0.189. The molecule has 0 saturated carbocycles. The largest absolute Gasteiger partial charge is 0.365 e. The third-order valence-electron chi connectivity index (χ3n) is 7.38. The molecule has 0 aliphatic carbocycles. The van der Waals surface area contributed by atoms with Crippen LogP contribution < -0.4 is 0 Å². The fourth-order valence-electron chi connectivity index (χ4n) is 5.34. The van der Waals surface area contributed by atoms with Gasteiger partial charge in [0.15, 0.2) is 11.6 Å². The molecule has 190 valence electrons. The number of hydrogen-bond acceptors (Lipinski definition) is 4. The molecule has 1 amide bonds. The van der Waals surface area contributed by atoms with Crippen LogP contribution >= 0.6 is 0 Å². The molecule has 1 fully saturated rings. The van der Waals surface area contributed by atoms with E-state index in [1.165, 1.54) is 12.1 Å². The van der Waals surface area contributed by atoms with E-state index in [0.717, 1.165) is 62.2 Å². The van der Waals surface area contributed by atoms with E-state index in [9.17, 15) is 18.0 Å². The molecule has 9 heteroatoms. The number of rotatable bonds is 7. The minimum Gasteiger partial charge on any atom is -0.365 e. The number of halogens is 3. The Bertz CT molecular complexity index is 1230. The first-order valence-electron chi connectivity index (χ1n) is 12.2. The average Bonchev–Trinajstić information content (AvgIpc) is 3.51. The number of nitrogens with zero attached hydrogens (tertiary/aromatic N) is 4. The number of amides is 1. The zero-order valence-electron chi connectivity index (χ0n) is 20.2. The van der Waals surface area contributed by atoms with E-state index in [0.29, 0.717) is 18.7 Å². The molecular formula is C27H29F3N4O2. The number of piperidine rings is 1. The third-order valence-corrected chi connectivity index (χ3v) is 7.38. The van der Waals surface area contributed by atoms with Crippen LogP contribution in [0.15, 0.2) is 55.0 Å². The van der Waals surface area contributed by atoms with Crippen molar-refractivity contribution >= 4 is 5.91 Å². The molecule has 1 atom stereocenters. The highest BCUT2D eigenvalue weighted by atomic mass is 19.2. The minimum atomic E-state index is -0.974. The fourth-order valence-corrected chi connectivity index (χ4v) is 5.34. The molecule has 36 heavy (non-hydrogen) atoms. The van der Waals surface area contributed by atoms with Gasteiger partial charge in [0, 0.05) is 50.8 Å². The second kappa shape index (κ2) is 10.1. The maximum absolute atomic E-state index is 13.9. The summed E-state index contributed by atoms with van der Waals surface area (Å²) in [6.45, 7) is 3.46. The number of aromatic nitrogens is 2. The van der Waals surface area contributed by atoms with Gasteiger partial charge in [-0.1, -0.05) is 6.07 Å². The molecule has 2 aromatic heterocycles. The summed E-state index contributed by atoms with van der Waals surface area (Å²) in [6.07, 6.45) is 7.50. The van der Waals surface area contributed by atoms with Gasteiger partial charge in [-0.3, -0.25) is 4.79 Å². The van der Waals surface area contributed by atoms with Gasteiger partial charge in [0.2, 0.25) is 11.9 Å². The molecule has 2 aliphatic rings. The van der Waals surface area contributed by atoms with E-state index in [4.69, 9.17) is 4.74 Å². The van der Waals surface area contributed by atoms with Crippen LogP contribution in [0.4, 0.5) is 13.2 Å². The molecule has 0 N–H and O–H groups in total. The SMILES string of the molecule is CN(CCCN1CCC2(CC1)OCc1cc(F)ncc12)C(=O)C(c1ccc(F)c(F)c1)n1cccc1. The van der Waals surface area contributed by atoms with E-state index in [1.807, 2.05) is 0 Å². The van der Waals surface area contributed by atoms with Gasteiger partial charge < -0.3 is 19.1 Å². The summed E-state index contributed by atoms with van der Waals surface area (Å²) in [5, 5.41) is 0. The Hall–Kier alpha value is -3.17. The highest BCUT2D eigenvalue weighted by molar-refractivity contribution is 5.83. The van der Waals surface area contributed by atoms with E-state index < -0.39 is 23.6 Å². The van der Waals surface area contributed by atoms with Gasteiger partial charge in [-0.05, 0) is 67.3 Å². The molecule has 1 aromatic carbocycles. The molecule has 4 heterocycles. The number of likely N-dealkylation sites (tertiary alicyclic amines) is 1. The van der Waals surface area contributed by atoms with Crippen LogP contribution in [0.25, 0.3) is 0 Å². The van der Waals surface area contributed by atoms with Crippen molar-refractivity contribution in [3.8, 4) is 0 Å². The van der Waals surface area contributed by atoms with Crippen molar-refractivity contribution in [1.29, 1.82) is 0 Å². The van der Waals surface area contributed by atoms with Gasteiger partial charge in [-0.2, -0.15) is 4.39 Å². The number of ether oxygens (including phenoxy) is 1. The Balaban J connectivity index is 1.16. The third kappa shape index (κ3) is 4.77. The highest BCUT2D eigenvalue weighted by Crippen LogP contribution is 2.43. The number of likely N-dealkylation sites (N-methyl/N-ethyl adjacent to an activating group) is 1. The summed E-state index contributed by atoms with van der Waals surface area (Å²) >= 11 is 0. The van der Waals surface area contributed by atoms with Crippen molar-refractivity contribution in [2.45, 2.75) is 37.5 Å². The van der Waals surface area contributed by atoms with E-state index in [1.54, 1.807) is 47.2 Å². The molecule has 2 aliphatic heterocycles. The topological polar surface area (TPSA) is 50.6 Å². The first kappa shape index (κ1) is 24.5. The molecule has 6 nitrogen and oxygen atoms in total. The quantitative estimate of drug-likeness (QED) is 0.457. The molecule has 5 rings (SSSR count). The van der Waals surface area contributed by atoms with Crippen molar-refractivity contribution in [2.24, 2.45) is 0 Å². The summed E-state index contributed by atoms with van der Waals surface area (Å²) in [7, 11) is 1.74. The zero-order valence-corrected chi connectivity index (χ0v) is 20.2. The smallest absolute Gasteiger partial charge is 0.249 e. The van der Waals surface area contributed by atoms with Crippen LogP contribution in [0, 0.1) is 17.6 Å². The first-order valence-corrected chi connectivity index (χ1v) is 12.2. The predicted octanol–water partition coefficient (Wildman–Crippen LogP) is 4.26. The number of carbonyl (C=O) groups is 1. The summed E-state index contributed by atoms with van der Waals surface area (Å²) in [5.74, 6) is -2.58. The summed E-state index contributed by atoms with van der Waals surface area (Å²) in [4.78, 5) is 21.2. The van der Waals surface area contributed by atoms with Crippen molar-refractivity contribution < 1.29 is 22.7 Å². The van der Waals surface area contributed by atoms with Gasteiger partial charge in [-0.15, -0.1) is 0 Å². The standard InChI is InChI=1S/C27H29F3N4O2/c1-32(26(35)25(34-11-2-3-12-34)19-5-6-22(28)23(29)15-19)9-4-10-33-13-7-27(8-14-33)21-17-31-24(30)16-20(21)18-36-27/h2-3,5-6,11-12,15-17,25H,4,7-10,13-14,18H2,1H3. The van der Waals surface area contributed by atoms with Crippen LogP contribution in [0.1, 0.15) is 42.0 Å². The lowest BCUT2D eigenvalue weighted by atomic mass is 9.84. The Morgan fingerprint density at radius 1 is 1.14 bits per heavy atom. The van der Waals surface area contributed by atoms with Gasteiger partial charge >= 0.3 is 0 Å². The van der Waals surface area contributed by atoms with Crippen LogP contribution in [0.3, 0.4) is 0 Å². The molecule has 1 saturated heterocycles. The van der Waals surface area contributed by atoms with E-state index >= 15 is 0 Å². The maximum atomic E-state index is 13.9. The van der Waals surface area contributed by atoms with E-state index in [-0.39, 0.29) is 11.5 Å². The highest BCUT2D eigenvalue weighted by Gasteiger charge is 2.43. The Kier molecular flexibility index (Phi) is 6.85. The summed E-state index contributed by atoms with van der Waals surface area (Å²) in [6, 6.07) is 7.87. The van der Waals surface area contributed by atoms with Gasteiger partial charge in [0.25, 0.3) is 0 Å². The molecule has 1 spiro atoms. The van der Waals surface area contributed by atoms with Crippen molar-refractivity contribution in [1.82, 2.24) is 19.4 Å². The lowest BCUT2D eigenvalue weighted by Crippen LogP contribution is -2.43. The molecular weight excluding hydrogens is 469 g/mol. The van der Waals surface area contributed by atoms with Crippen molar-refractivity contribution in [3.63, 3.8) is 0 Å². The normalized spacial score (nSPS) is 17.8. The Labute approximate surface area is 208 Å². The lowest BCUT2D eigenvalue weighted by molar-refractivity contribution is -0.132. The lowest BCUT2D eigenvalue weighted by Gasteiger charge is -2.39. The maximum Gasteiger partial charge on any atom is 0.249 e. The van der Waals surface area contributed by atoms with Gasteiger partial charge in [0.05, 0.1) is 12.2 Å². The first-order chi connectivity index (χ1) is 17.4. The molecule has 1 unspecified atom stereocenters. The predicted molar refractivity (Wildman–Crippen MR) is 128 cm³/mol. The summed E-state index contributed by atoms with van der Waals surface area (Å²) in [5.41, 5.74) is 1.90. The van der Waals surface area contributed by atoms with Crippen LogP contribution in [-0.4, -0.2) is 58.5 Å². The molecule has 0 bridgehead atoms. The number of hydrogen-bond donors (Lipinski definition) is 0. The second-order valence-corrected chi connectivity index (χ2v) is 9.61. The van der Waals surface area contributed by atoms with Crippen LogP contribution in [0.5, 0.6) is 0 Å². The average molecular weight is 499 g/mol.